The SMILES string of the molecule is Cc1cccc(F)c1NC(=O)C1COCCN1. The van der Waals surface area contributed by atoms with E-state index in [2.05, 4.69) is 10.6 Å². The van der Waals surface area contributed by atoms with Gasteiger partial charge in [-0.2, -0.15) is 0 Å². The second kappa shape index (κ2) is 5.25. The van der Waals surface area contributed by atoms with E-state index in [1.54, 1.807) is 19.1 Å². The first kappa shape index (κ1) is 12.0. The zero-order valence-electron chi connectivity index (χ0n) is 9.63. The summed E-state index contributed by atoms with van der Waals surface area (Å²) in [5, 5.41) is 5.61. The van der Waals surface area contributed by atoms with Crippen LogP contribution in [0, 0.1) is 12.7 Å². The zero-order chi connectivity index (χ0) is 12.3. The molecule has 17 heavy (non-hydrogen) atoms. The third-order valence-corrected chi connectivity index (χ3v) is 2.71. The fourth-order valence-corrected chi connectivity index (χ4v) is 1.73. The minimum Gasteiger partial charge on any atom is -0.378 e. The quantitative estimate of drug-likeness (QED) is 0.810. The molecule has 92 valence electrons. The molecule has 5 heteroatoms. The van der Waals surface area contributed by atoms with Gasteiger partial charge >= 0.3 is 0 Å². The predicted molar refractivity (Wildman–Crippen MR) is 62.4 cm³/mol. The average Bonchev–Trinajstić information content (AvgIpc) is 2.35. The fraction of sp³-hybridized carbons (Fsp3) is 0.417. The summed E-state index contributed by atoms with van der Waals surface area (Å²) >= 11 is 0. The molecule has 2 N–H and O–H groups in total. The van der Waals surface area contributed by atoms with Crippen LogP contribution in [-0.2, 0) is 9.53 Å². The molecule has 1 fully saturated rings. The molecule has 1 unspecified atom stereocenters. The van der Waals surface area contributed by atoms with E-state index < -0.39 is 11.9 Å². The Bertz CT molecular complexity index is 397. The highest BCUT2D eigenvalue weighted by atomic mass is 19.1. The van der Waals surface area contributed by atoms with Gasteiger partial charge in [0.1, 0.15) is 11.9 Å². The van der Waals surface area contributed by atoms with Crippen LogP contribution in [0.25, 0.3) is 0 Å². The van der Waals surface area contributed by atoms with Crippen LogP contribution in [0.3, 0.4) is 0 Å². The molecule has 1 amide bonds. The Balaban J connectivity index is 2.07. The lowest BCUT2D eigenvalue weighted by Gasteiger charge is -2.23. The molecule has 4 nitrogen and oxygen atoms in total. The molecule has 1 saturated heterocycles. The number of anilines is 1. The van der Waals surface area contributed by atoms with Crippen molar-refractivity contribution in [3.05, 3.63) is 29.6 Å². The van der Waals surface area contributed by atoms with Crippen LogP contribution < -0.4 is 10.6 Å². The summed E-state index contributed by atoms with van der Waals surface area (Å²) in [6.45, 7) is 3.31. The number of rotatable bonds is 2. The van der Waals surface area contributed by atoms with E-state index in [-0.39, 0.29) is 11.6 Å². The lowest BCUT2D eigenvalue weighted by atomic mass is 10.1. The Morgan fingerprint density at radius 2 is 2.41 bits per heavy atom. The van der Waals surface area contributed by atoms with Crippen molar-refractivity contribution < 1.29 is 13.9 Å². The van der Waals surface area contributed by atoms with Gasteiger partial charge in [-0.05, 0) is 18.6 Å². The van der Waals surface area contributed by atoms with Gasteiger partial charge in [0, 0.05) is 6.54 Å². The van der Waals surface area contributed by atoms with Gasteiger partial charge in [0.25, 0.3) is 0 Å². The normalized spacial score (nSPS) is 20.0. The molecule has 1 aromatic rings. The topological polar surface area (TPSA) is 50.4 Å². The molecule has 1 heterocycles. The third-order valence-electron chi connectivity index (χ3n) is 2.71. The van der Waals surface area contributed by atoms with Gasteiger partial charge < -0.3 is 15.4 Å². The molecule has 0 aromatic heterocycles. The van der Waals surface area contributed by atoms with Gasteiger partial charge in [-0.3, -0.25) is 4.79 Å². The summed E-state index contributed by atoms with van der Waals surface area (Å²) in [6.07, 6.45) is 0. The van der Waals surface area contributed by atoms with Gasteiger partial charge in [-0.25, -0.2) is 4.39 Å². The van der Waals surface area contributed by atoms with Crippen LogP contribution in [-0.4, -0.2) is 31.7 Å². The van der Waals surface area contributed by atoms with Crippen LogP contribution in [0.4, 0.5) is 10.1 Å². The number of ether oxygens (including phenoxy) is 1. The summed E-state index contributed by atoms with van der Waals surface area (Å²) in [4.78, 5) is 11.9. The number of carbonyl (C=O) groups is 1. The minimum absolute atomic E-state index is 0.241. The highest BCUT2D eigenvalue weighted by Crippen LogP contribution is 2.18. The molecule has 1 aliphatic rings. The number of carbonyl (C=O) groups excluding carboxylic acids is 1. The molecule has 1 atom stereocenters. The van der Waals surface area contributed by atoms with Crippen molar-refractivity contribution in [2.45, 2.75) is 13.0 Å². The van der Waals surface area contributed by atoms with Crippen molar-refractivity contribution in [2.24, 2.45) is 0 Å². The first-order valence-corrected chi connectivity index (χ1v) is 5.55. The predicted octanol–water partition coefficient (Wildman–Crippen LogP) is 1.06. The number of hydrogen-bond donors (Lipinski definition) is 2. The van der Waals surface area contributed by atoms with Gasteiger partial charge in [0.15, 0.2) is 0 Å². The van der Waals surface area contributed by atoms with Crippen LogP contribution in [0.15, 0.2) is 18.2 Å². The highest BCUT2D eigenvalue weighted by Gasteiger charge is 2.22. The summed E-state index contributed by atoms with van der Waals surface area (Å²) < 4.78 is 18.7. The van der Waals surface area contributed by atoms with E-state index in [4.69, 9.17) is 4.74 Å². The van der Waals surface area contributed by atoms with Crippen molar-refractivity contribution in [2.75, 3.05) is 25.1 Å². The Hall–Kier alpha value is -1.46. The van der Waals surface area contributed by atoms with Crippen molar-refractivity contribution in [1.29, 1.82) is 0 Å². The molecule has 0 radical (unpaired) electrons. The number of aryl methyl sites for hydroxylation is 1. The highest BCUT2D eigenvalue weighted by molar-refractivity contribution is 5.95. The summed E-state index contributed by atoms with van der Waals surface area (Å²) in [5.74, 6) is -0.687. The van der Waals surface area contributed by atoms with Crippen molar-refractivity contribution >= 4 is 11.6 Å². The molecule has 0 spiro atoms. The Kier molecular flexibility index (Phi) is 3.71. The second-order valence-corrected chi connectivity index (χ2v) is 4.00. The van der Waals surface area contributed by atoms with Gasteiger partial charge in [-0.15, -0.1) is 0 Å². The van der Waals surface area contributed by atoms with E-state index in [0.29, 0.717) is 25.3 Å². The molecule has 1 aromatic carbocycles. The molecular formula is C12H15FN2O2. The first-order valence-electron chi connectivity index (χ1n) is 5.55. The summed E-state index contributed by atoms with van der Waals surface area (Å²) in [7, 11) is 0. The lowest BCUT2D eigenvalue weighted by molar-refractivity contribution is -0.120. The molecule has 0 aliphatic carbocycles. The Morgan fingerprint density at radius 3 is 3.06 bits per heavy atom. The molecule has 2 rings (SSSR count). The summed E-state index contributed by atoms with van der Waals surface area (Å²) in [5.41, 5.74) is 0.944. The van der Waals surface area contributed by atoms with Crippen molar-refractivity contribution in [3.63, 3.8) is 0 Å². The Labute approximate surface area is 99.2 Å². The number of hydrogen-bond acceptors (Lipinski definition) is 3. The van der Waals surface area contributed by atoms with Crippen LogP contribution in [0.5, 0.6) is 0 Å². The van der Waals surface area contributed by atoms with E-state index in [0.717, 1.165) is 0 Å². The minimum atomic E-state index is -0.421. The first-order chi connectivity index (χ1) is 8.18. The van der Waals surface area contributed by atoms with Crippen LogP contribution in [0.2, 0.25) is 0 Å². The third kappa shape index (κ3) is 2.81. The number of benzene rings is 1. The summed E-state index contributed by atoms with van der Waals surface area (Å²) in [6, 6.07) is 4.28. The molecule has 0 bridgehead atoms. The molecule has 1 aliphatic heterocycles. The maximum absolute atomic E-state index is 13.5. The Morgan fingerprint density at radius 1 is 1.59 bits per heavy atom. The molecular weight excluding hydrogens is 223 g/mol. The van der Waals surface area contributed by atoms with E-state index in [1.165, 1.54) is 6.07 Å². The van der Waals surface area contributed by atoms with Gasteiger partial charge in [-0.1, -0.05) is 12.1 Å². The van der Waals surface area contributed by atoms with E-state index in [9.17, 15) is 9.18 Å². The van der Waals surface area contributed by atoms with E-state index in [1.807, 2.05) is 0 Å². The van der Waals surface area contributed by atoms with Crippen molar-refractivity contribution in [1.82, 2.24) is 5.32 Å². The maximum Gasteiger partial charge on any atom is 0.243 e. The van der Waals surface area contributed by atoms with E-state index >= 15 is 0 Å². The number of morpholine rings is 1. The average molecular weight is 238 g/mol. The number of halogens is 1. The number of amides is 1. The lowest BCUT2D eigenvalue weighted by Crippen LogP contribution is -2.49. The molecule has 0 saturated carbocycles. The van der Waals surface area contributed by atoms with Crippen LogP contribution >= 0.6 is 0 Å². The number of nitrogens with one attached hydrogen (secondary N) is 2. The van der Waals surface area contributed by atoms with Crippen molar-refractivity contribution in [3.8, 4) is 0 Å². The zero-order valence-corrected chi connectivity index (χ0v) is 9.63. The van der Waals surface area contributed by atoms with Crippen LogP contribution in [0.1, 0.15) is 5.56 Å². The standard InChI is InChI=1S/C12H15FN2O2/c1-8-3-2-4-9(13)11(8)15-12(16)10-7-17-6-5-14-10/h2-4,10,14H,5-7H2,1H3,(H,15,16). The largest absolute Gasteiger partial charge is 0.378 e. The van der Waals surface area contributed by atoms with Gasteiger partial charge in [0.05, 0.1) is 18.9 Å². The van der Waals surface area contributed by atoms with Gasteiger partial charge in [0.2, 0.25) is 5.91 Å². The monoisotopic (exact) mass is 238 g/mol. The fourth-order valence-electron chi connectivity index (χ4n) is 1.73. The number of para-hydroxylation sites is 1. The maximum atomic E-state index is 13.5. The smallest absolute Gasteiger partial charge is 0.243 e. The second-order valence-electron chi connectivity index (χ2n) is 4.00.